The first kappa shape index (κ1) is 20.9. The van der Waals surface area contributed by atoms with Gasteiger partial charge >= 0.3 is 5.97 Å². The van der Waals surface area contributed by atoms with Gasteiger partial charge in [-0.2, -0.15) is 0 Å². The molecular formula is C21H31NO5Si. The number of carbonyl (C=O) groups excluding carboxylic acids is 2. The van der Waals surface area contributed by atoms with Gasteiger partial charge in [-0.25, -0.2) is 4.79 Å². The lowest BCUT2D eigenvalue weighted by molar-refractivity contribution is -0.170. The van der Waals surface area contributed by atoms with E-state index in [1.807, 2.05) is 38.1 Å². The van der Waals surface area contributed by atoms with Crippen LogP contribution in [0.25, 0.3) is 0 Å². The quantitative estimate of drug-likeness (QED) is 0.555. The van der Waals surface area contributed by atoms with Crippen LogP contribution in [0.15, 0.2) is 24.3 Å². The van der Waals surface area contributed by atoms with E-state index in [1.165, 1.54) is 7.11 Å². The molecule has 3 atom stereocenters. The van der Waals surface area contributed by atoms with E-state index in [9.17, 15) is 9.59 Å². The lowest BCUT2D eigenvalue weighted by Crippen LogP contribution is -2.67. The van der Waals surface area contributed by atoms with Crippen LogP contribution in [0.1, 0.15) is 32.3 Å². The monoisotopic (exact) mass is 405 g/mol. The molecule has 1 aromatic carbocycles. The summed E-state index contributed by atoms with van der Waals surface area (Å²) in [4.78, 5) is 28.4. The molecule has 0 aliphatic carbocycles. The minimum atomic E-state index is -1.98. The van der Waals surface area contributed by atoms with Crippen LogP contribution in [0.4, 0.5) is 0 Å². The normalized spacial score (nSPS) is 31.4. The number of amides is 1. The van der Waals surface area contributed by atoms with Gasteiger partial charge in [0.05, 0.1) is 25.7 Å². The molecule has 2 saturated heterocycles. The van der Waals surface area contributed by atoms with Crippen LogP contribution in [-0.2, 0) is 25.3 Å². The van der Waals surface area contributed by atoms with Crippen LogP contribution in [0.3, 0.4) is 0 Å². The summed E-state index contributed by atoms with van der Waals surface area (Å²) < 4.78 is 17.1. The van der Waals surface area contributed by atoms with Crippen LogP contribution >= 0.6 is 0 Å². The van der Waals surface area contributed by atoms with Gasteiger partial charge < -0.3 is 18.8 Å². The van der Waals surface area contributed by atoms with Gasteiger partial charge in [-0.3, -0.25) is 4.79 Å². The second-order valence-electron chi connectivity index (χ2n) is 8.54. The Morgan fingerprint density at radius 2 is 1.93 bits per heavy atom. The van der Waals surface area contributed by atoms with Crippen molar-refractivity contribution in [3.05, 3.63) is 29.8 Å². The van der Waals surface area contributed by atoms with Gasteiger partial charge in [0.1, 0.15) is 5.75 Å². The van der Waals surface area contributed by atoms with E-state index in [4.69, 9.17) is 13.9 Å². The summed E-state index contributed by atoms with van der Waals surface area (Å²) in [6, 6.07) is 8.49. The zero-order chi connectivity index (χ0) is 20.7. The Morgan fingerprint density at radius 1 is 1.29 bits per heavy atom. The maximum atomic E-state index is 13.5. The van der Waals surface area contributed by atoms with Gasteiger partial charge in [-0.05, 0) is 56.6 Å². The van der Waals surface area contributed by atoms with E-state index in [-0.39, 0.29) is 11.8 Å². The molecule has 0 N–H and O–H groups in total. The van der Waals surface area contributed by atoms with Crippen molar-refractivity contribution >= 4 is 20.2 Å². The van der Waals surface area contributed by atoms with Crippen molar-refractivity contribution < 1.29 is 23.5 Å². The average molecular weight is 406 g/mol. The summed E-state index contributed by atoms with van der Waals surface area (Å²) in [5, 5.41) is 0. The van der Waals surface area contributed by atoms with Crippen LogP contribution < -0.4 is 4.74 Å². The van der Waals surface area contributed by atoms with E-state index in [2.05, 4.69) is 13.1 Å². The maximum Gasteiger partial charge on any atom is 0.334 e. The van der Waals surface area contributed by atoms with Crippen LogP contribution in [0.2, 0.25) is 19.1 Å². The highest BCUT2D eigenvalue weighted by atomic mass is 28.4. The molecule has 0 spiro atoms. The number of esters is 1. The van der Waals surface area contributed by atoms with E-state index >= 15 is 0 Å². The molecule has 154 valence electrons. The second kappa shape index (κ2) is 7.19. The van der Waals surface area contributed by atoms with Gasteiger partial charge in [0, 0.05) is 6.54 Å². The molecule has 2 fully saturated rings. The SMILES string of the molecule is CC[C@]1(C(=O)OC)N(Cc2ccc(OC)cc2)C(=O)[C@@H]2CC[Si](C)(C)O[C@@]21C. The fraction of sp³-hybridized carbons (Fsp3) is 0.619. The fourth-order valence-electron chi connectivity index (χ4n) is 5.13. The minimum Gasteiger partial charge on any atom is -0.497 e. The number of hydrogen-bond donors (Lipinski definition) is 0. The molecule has 2 heterocycles. The second-order valence-corrected chi connectivity index (χ2v) is 12.8. The molecule has 1 amide bonds. The lowest BCUT2D eigenvalue weighted by Gasteiger charge is -2.51. The van der Waals surface area contributed by atoms with Crippen molar-refractivity contribution in [2.75, 3.05) is 14.2 Å². The molecule has 2 aliphatic heterocycles. The number of benzene rings is 1. The Hall–Kier alpha value is -1.86. The van der Waals surface area contributed by atoms with Crippen LogP contribution in [0.5, 0.6) is 5.75 Å². The smallest absolute Gasteiger partial charge is 0.334 e. The molecule has 0 aromatic heterocycles. The predicted molar refractivity (Wildman–Crippen MR) is 108 cm³/mol. The fourth-order valence-corrected chi connectivity index (χ4v) is 7.68. The molecule has 0 radical (unpaired) electrons. The third kappa shape index (κ3) is 2.95. The van der Waals surface area contributed by atoms with Crippen molar-refractivity contribution in [3.8, 4) is 5.75 Å². The number of rotatable bonds is 5. The Bertz CT molecular complexity index is 765. The summed E-state index contributed by atoms with van der Waals surface area (Å²) >= 11 is 0. The highest BCUT2D eigenvalue weighted by molar-refractivity contribution is 6.71. The Labute approximate surface area is 168 Å². The van der Waals surface area contributed by atoms with Crippen molar-refractivity contribution in [3.63, 3.8) is 0 Å². The summed E-state index contributed by atoms with van der Waals surface area (Å²) in [6.45, 7) is 8.53. The lowest BCUT2D eigenvalue weighted by atomic mass is 9.73. The Kier molecular flexibility index (Phi) is 5.36. The first-order valence-electron chi connectivity index (χ1n) is 9.88. The van der Waals surface area contributed by atoms with Crippen molar-refractivity contribution in [1.82, 2.24) is 4.90 Å². The Morgan fingerprint density at radius 3 is 2.46 bits per heavy atom. The van der Waals surface area contributed by atoms with Crippen molar-refractivity contribution in [2.45, 2.75) is 63.5 Å². The minimum absolute atomic E-state index is 0.0185. The number of hydrogen-bond acceptors (Lipinski definition) is 5. The largest absolute Gasteiger partial charge is 0.497 e. The number of fused-ring (bicyclic) bond motifs is 1. The third-order valence-electron chi connectivity index (χ3n) is 6.57. The summed E-state index contributed by atoms with van der Waals surface area (Å²) in [5.41, 5.74) is -1.07. The third-order valence-corrected chi connectivity index (χ3v) is 9.04. The molecule has 0 bridgehead atoms. The number of nitrogens with zero attached hydrogens (tertiary/aromatic N) is 1. The standard InChI is InChI=1S/C21H31NO5Si/c1-7-21(19(24)26-4)20(2)17(12-13-28(5,6)27-20)18(23)22(21)14-15-8-10-16(25-3)11-9-15/h8-11,17H,7,12-14H2,1-6H3/t17-,20-,21+/m0/s1. The number of methoxy groups -OCH3 is 2. The first-order chi connectivity index (χ1) is 13.1. The molecular weight excluding hydrogens is 374 g/mol. The summed E-state index contributed by atoms with van der Waals surface area (Å²) in [5.74, 6) is 0.0110. The zero-order valence-electron chi connectivity index (χ0n) is 17.7. The van der Waals surface area contributed by atoms with E-state index in [1.54, 1.807) is 12.0 Å². The van der Waals surface area contributed by atoms with Crippen molar-refractivity contribution in [1.29, 1.82) is 0 Å². The molecule has 1 aromatic rings. The van der Waals surface area contributed by atoms with Crippen LogP contribution in [0, 0.1) is 5.92 Å². The summed E-state index contributed by atoms with van der Waals surface area (Å²) in [7, 11) is 1.03. The Balaban J connectivity index is 2.08. The van der Waals surface area contributed by atoms with Crippen molar-refractivity contribution in [2.24, 2.45) is 5.92 Å². The topological polar surface area (TPSA) is 65.1 Å². The molecule has 6 nitrogen and oxygen atoms in total. The van der Waals surface area contributed by atoms with Crippen LogP contribution in [-0.4, -0.2) is 50.5 Å². The van der Waals surface area contributed by atoms with E-state index in [0.717, 1.165) is 23.8 Å². The molecule has 2 aliphatic rings. The summed E-state index contributed by atoms with van der Waals surface area (Å²) in [6.07, 6.45) is 1.20. The zero-order valence-corrected chi connectivity index (χ0v) is 18.7. The number of likely N-dealkylation sites (tertiary alicyclic amines) is 1. The number of carbonyl (C=O) groups is 2. The van der Waals surface area contributed by atoms with Gasteiger partial charge in [0.25, 0.3) is 0 Å². The van der Waals surface area contributed by atoms with Gasteiger partial charge in [-0.1, -0.05) is 19.1 Å². The number of ether oxygens (including phenoxy) is 2. The maximum absolute atomic E-state index is 13.5. The van der Waals surface area contributed by atoms with Gasteiger partial charge in [-0.15, -0.1) is 0 Å². The molecule has 7 heteroatoms. The first-order valence-corrected chi connectivity index (χ1v) is 13.0. The highest BCUT2D eigenvalue weighted by Crippen LogP contribution is 2.54. The highest BCUT2D eigenvalue weighted by Gasteiger charge is 2.72. The van der Waals surface area contributed by atoms with E-state index in [0.29, 0.717) is 13.0 Å². The van der Waals surface area contributed by atoms with E-state index < -0.39 is 25.4 Å². The molecule has 0 saturated carbocycles. The molecule has 3 rings (SSSR count). The van der Waals surface area contributed by atoms with Gasteiger partial charge in [0.2, 0.25) is 5.91 Å². The average Bonchev–Trinajstić information content (AvgIpc) is 2.84. The predicted octanol–water partition coefficient (Wildman–Crippen LogP) is 3.36. The van der Waals surface area contributed by atoms with Gasteiger partial charge in [0.15, 0.2) is 13.9 Å². The molecule has 0 unspecified atom stereocenters. The molecule has 28 heavy (non-hydrogen) atoms.